The molecule has 9 heteroatoms. The minimum absolute atomic E-state index is 0.000244. The van der Waals surface area contributed by atoms with Gasteiger partial charge in [-0.3, -0.25) is 9.36 Å². The summed E-state index contributed by atoms with van der Waals surface area (Å²) in [6.07, 6.45) is 2.42. The third kappa shape index (κ3) is 4.29. The topological polar surface area (TPSA) is 59.4 Å². The van der Waals surface area contributed by atoms with Crippen molar-refractivity contribution in [2.24, 2.45) is 5.92 Å². The fourth-order valence-corrected chi connectivity index (χ4v) is 4.95. The summed E-state index contributed by atoms with van der Waals surface area (Å²) in [6.45, 7) is 2.78. The predicted octanol–water partition coefficient (Wildman–Crippen LogP) is 5.11. The summed E-state index contributed by atoms with van der Waals surface area (Å²) in [5, 5.41) is 4.71. The first-order valence-corrected chi connectivity index (χ1v) is 11.9. The second-order valence-electron chi connectivity index (χ2n) is 8.31. The van der Waals surface area contributed by atoms with Crippen LogP contribution in [0.2, 0.25) is 15.1 Å². The van der Waals surface area contributed by atoms with Crippen LogP contribution in [0.1, 0.15) is 19.3 Å². The van der Waals surface area contributed by atoms with Gasteiger partial charge in [0.15, 0.2) is 0 Å². The van der Waals surface area contributed by atoms with E-state index in [2.05, 4.69) is 14.8 Å². The van der Waals surface area contributed by atoms with E-state index in [0.29, 0.717) is 21.7 Å². The van der Waals surface area contributed by atoms with Crippen LogP contribution < -0.4 is 10.2 Å². The first-order valence-electron chi connectivity index (χ1n) is 10.8. The molecule has 1 N–H and O–H groups in total. The summed E-state index contributed by atoms with van der Waals surface area (Å²) in [7, 11) is 0. The Labute approximate surface area is 201 Å². The van der Waals surface area contributed by atoms with Crippen molar-refractivity contribution < 1.29 is 9.53 Å². The fourth-order valence-electron chi connectivity index (χ4n) is 4.45. The molecule has 0 aliphatic carbocycles. The zero-order valence-electron chi connectivity index (χ0n) is 17.4. The lowest BCUT2D eigenvalue weighted by Gasteiger charge is -2.32. The molecule has 6 nitrogen and oxygen atoms in total. The second-order valence-corrected chi connectivity index (χ2v) is 9.56. The SMILES string of the molecule is O=C(N[C@@H]1CCOC1)C1CCN(c2nc3cc(Cl)c(Cl)cc3n2-c2cccc(Cl)c2)CC1. The van der Waals surface area contributed by atoms with Crippen molar-refractivity contribution in [3.8, 4) is 5.69 Å². The Balaban J connectivity index is 1.43. The van der Waals surface area contributed by atoms with Crippen LogP contribution in [0.3, 0.4) is 0 Å². The van der Waals surface area contributed by atoms with Crippen molar-refractivity contribution in [2.75, 3.05) is 31.2 Å². The van der Waals surface area contributed by atoms with E-state index in [-0.39, 0.29) is 17.9 Å². The van der Waals surface area contributed by atoms with Gasteiger partial charge in [0, 0.05) is 30.6 Å². The Morgan fingerprint density at radius 2 is 1.84 bits per heavy atom. The summed E-state index contributed by atoms with van der Waals surface area (Å²) in [4.78, 5) is 19.8. The van der Waals surface area contributed by atoms with Gasteiger partial charge >= 0.3 is 0 Å². The van der Waals surface area contributed by atoms with Crippen molar-refractivity contribution in [3.63, 3.8) is 0 Å². The van der Waals surface area contributed by atoms with E-state index < -0.39 is 0 Å². The number of hydrogen-bond donors (Lipinski definition) is 1. The largest absolute Gasteiger partial charge is 0.379 e. The molecule has 0 bridgehead atoms. The standard InChI is InChI=1S/C23H23Cl3N4O2/c24-15-2-1-3-17(10-15)30-21-12-19(26)18(25)11-20(21)28-23(30)29-7-4-14(5-8-29)22(31)27-16-6-9-32-13-16/h1-3,10-12,14,16H,4-9,13H2,(H,27,31)/t16-/m1/s1. The highest BCUT2D eigenvalue weighted by atomic mass is 35.5. The maximum absolute atomic E-state index is 12.7. The zero-order chi connectivity index (χ0) is 22.2. The summed E-state index contributed by atoms with van der Waals surface area (Å²) >= 11 is 18.9. The van der Waals surface area contributed by atoms with Gasteiger partial charge in [-0.2, -0.15) is 0 Å². The number of hydrogen-bond acceptors (Lipinski definition) is 4. The normalized spacial score (nSPS) is 19.6. The van der Waals surface area contributed by atoms with Gasteiger partial charge in [-0.1, -0.05) is 40.9 Å². The van der Waals surface area contributed by atoms with Crippen molar-refractivity contribution in [1.82, 2.24) is 14.9 Å². The minimum Gasteiger partial charge on any atom is -0.379 e. The molecule has 0 spiro atoms. The quantitative estimate of drug-likeness (QED) is 0.549. The number of ether oxygens (including phenoxy) is 1. The van der Waals surface area contributed by atoms with Crippen molar-refractivity contribution in [3.05, 3.63) is 51.5 Å². The first-order chi connectivity index (χ1) is 15.5. The molecular weight excluding hydrogens is 471 g/mol. The summed E-state index contributed by atoms with van der Waals surface area (Å²) in [5.74, 6) is 0.922. The van der Waals surface area contributed by atoms with Crippen LogP contribution in [-0.4, -0.2) is 47.8 Å². The molecule has 0 unspecified atom stereocenters. The molecule has 1 atom stereocenters. The van der Waals surface area contributed by atoms with Crippen LogP contribution in [0, 0.1) is 5.92 Å². The van der Waals surface area contributed by atoms with Gasteiger partial charge in [-0.05, 0) is 49.6 Å². The number of rotatable bonds is 4. The molecule has 2 saturated heterocycles. The van der Waals surface area contributed by atoms with E-state index in [1.54, 1.807) is 6.07 Å². The van der Waals surface area contributed by atoms with Crippen LogP contribution in [0.4, 0.5) is 5.95 Å². The average molecular weight is 494 g/mol. The summed E-state index contributed by atoms with van der Waals surface area (Å²) in [6, 6.07) is 11.4. The molecule has 3 aromatic rings. The third-order valence-corrected chi connectivity index (χ3v) is 7.13. The number of carbonyl (C=O) groups is 1. The highest BCUT2D eigenvalue weighted by Gasteiger charge is 2.30. The second kappa shape index (κ2) is 9.10. The highest BCUT2D eigenvalue weighted by molar-refractivity contribution is 6.42. The molecule has 2 aliphatic heterocycles. The van der Waals surface area contributed by atoms with Crippen LogP contribution in [-0.2, 0) is 9.53 Å². The van der Waals surface area contributed by atoms with E-state index in [1.165, 1.54) is 0 Å². The average Bonchev–Trinajstić information content (AvgIpc) is 3.42. The van der Waals surface area contributed by atoms with Gasteiger partial charge < -0.3 is 15.0 Å². The van der Waals surface area contributed by atoms with E-state index in [1.807, 2.05) is 30.3 Å². The number of anilines is 1. The fraction of sp³-hybridized carbons (Fsp3) is 0.391. The van der Waals surface area contributed by atoms with Gasteiger partial charge in [-0.25, -0.2) is 4.98 Å². The molecule has 168 valence electrons. The lowest BCUT2D eigenvalue weighted by molar-refractivity contribution is -0.126. The number of benzene rings is 2. The number of fused-ring (bicyclic) bond motifs is 1. The van der Waals surface area contributed by atoms with Gasteiger partial charge in [0.1, 0.15) is 0 Å². The Hall–Kier alpha value is -1.99. The number of nitrogens with zero attached hydrogens (tertiary/aromatic N) is 3. The monoisotopic (exact) mass is 492 g/mol. The number of halogens is 3. The molecule has 3 heterocycles. The van der Waals surface area contributed by atoms with Gasteiger partial charge in [-0.15, -0.1) is 0 Å². The molecule has 1 aromatic heterocycles. The molecule has 0 radical (unpaired) electrons. The van der Waals surface area contributed by atoms with Gasteiger partial charge in [0.05, 0.1) is 39.4 Å². The Kier molecular flexibility index (Phi) is 6.21. The maximum Gasteiger partial charge on any atom is 0.223 e. The molecule has 5 rings (SSSR count). The molecule has 1 amide bonds. The molecule has 0 saturated carbocycles. The molecule has 2 aliphatic rings. The van der Waals surface area contributed by atoms with E-state index >= 15 is 0 Å². The first kappa shape index (κ1) is 21.8. The van der Waals surface area contributed by atoms with E-state index in [9.17, 15) is 4.79 Å². The van der Waals surface area contributed by atoms with E-state index in [0.717, 1.165) is 61.6 Å². The van der Waals surface area contributed by atoms with Crippen LogP contribution in [0.25, 0.3) is 16.7 Å². The number of carbonyl (C=O) groups excluding carboxylic acids is 1. The molecular formula is C23H23Cl3N4O2. The lowest BCUT2D eigenvalue weighted by atomic mass is 9.95. The van der Waals surface area contributed by atoms with Gasteiger partial charge in [0.2, 0.25) is 11.9 Å². The smallest absolute Gasteiger partial charge is 0.223 e. The number of piperidine rings is 1. The third-order valence-electron chi connectivity index (χ3n) is 6.17. The Morgan fingerprint density at radius 3 is 2.56 bits per heavy atom. The lowest BCUT2D eigenvalue weighted by Crippen LogP contribution is -2.44. The predicted molar refractivity (Wildman–Crippen MR) is 128 cm³/mol. The number of amides is 1. The van der Waals surface area contributed by atoms with Crippen molar-refractivity contribution in [1.29, 1.82) is 0 Å². The Bertz CT molecular complexity index is 1150. The maximum atomic E-state index is 12.7. The summed E-state index contributed by atoms with van der Waals surface area (Å²) < 4.78 is 7.42. The van der Waals surface area contributed by atoms with Crippen molar-refractivity contribution >= 4 is 57.7 Å². The number of aromatic nitrogens is 2. The highest BCUT2D eigenvalue weighted by Crippen LogP contribution is 2.35. The summed E-state index contributed by atoms with van der Waals surface area (Å²) in [5.41, 5.74) is 2.52. The number of nitrogens with one attached hydrogen (secondary N) is 1. The number of imidazole rings is 1. The van der Waals surface area contributed by atoms with Gasteiger partial charge in [0.25, 0.3) is 0 Å². The molecule has 32 heavy (non-hydrogen) atoms. The minimum atomic E-state index is -0.000244. The molecule has 2 fully saturated rings. The van der Waals surface area contributed by atoms with Crippen molar-refractivity contribution in [2.45, 2.75) is 25.3 Å². The van der Waals surface area contributed by atoms with E-state index in [4.69, 9.17) is 44.5 Å². The zero-order valence-corrected chi connectivity index (χ0v) is 19.6. The Morgan fingerprint density at radius 1 is 1.06 bits per heavy atom. The molecule has 2 aromatic carbocycles. The van der Waals surface area contributed by atoms with Crippen LogP contribution in [0.5, 0.6) is 0 Å². The van der Waals surface area contributed by atoms with Crippen LogP contribution >= 0.6 is 34.8 Å². The van der Waals surface area contributed by atoms with Crippen LogP contribution in [0.15, 0.2) is 36.4 Å².